The fourth-order valence-corrected chi connectivity index (χ4v) is 6.59. The average Bonchev–Trinajstić information content (AvgIpc) is 3.20. The summed E-state index contributed by atoms with van der Waals surface area (Å²) in [5.74, 6) is -0.428. The highest BCUT2D eigenvalue weighted by Gasteiger charge is 2.57. The number of fused-ring (bicyclic) bond motifs is 3. The van der Waals surface area contributed by atoms with Gasteiger partial charge >= 0.3 is 7.12 Å². The van der Waals surface area contributed by atoms with E-state index >= 15 is 0 Å². The molecule has 2 aliphatic heterocycles. The summed E-state index contributed by atoms with van der Waals surface area (Å²) in [7, 11) is -1.01. The number of hydrogen-bond acceptors (Lipinski definition) is 6. The van der Waals surface area contributed by atoms with Crippen molar-refractivity contribution in [2.45, 2.75) is 58.4 Å². The van der Waals surface area contributed by atoms with Crippen molar-refractivity contribution in [1.82, 2.24) is 4.90 Å². The molecule has 0 saturated carbocycles. The Morgan fingerprint density at radius 3 is 2.55 bits per heavy atom. The second kappa shape index (κ2) is 12.4. The highest BCUT2D eigenvalue weighted by Crippen LogP contribution is 2.50. The lowest BCUT2D eigenvalue weighted by Crippen LogP contribution is -2.46. The Morgan fingerprint density at radius 1 is 1.07 bits per heavy atom. The van der Waals surface area contributed by atoms with Gasteiger partial charge in [0, 0.05) is 12.1 Å². The van der Waals surface area contributed by atoms with Crippen LogP contribution >= 0.6 is 0 Å². The summed E-state index contributed by atoms with van der Waals surface area (Å²) >= 11 is 0. The number of carbonyl (C=O) groups is 2. The van der Waals surface area contributed by atoms with Crippen molar-refractivity contribution in [2.24, 2.45) is 17.8 Å². The van der Waals surface area contributed by atoms with Crippen molar-refractivity contribution in [3.8, 4) is 11.5 Å². The predicted octanol–water partition coefficient (Wildman–Crippen LogP) is 5.25. The van der Waals surface area contributed by atoms with E-state index in [2.05, 4.69) is 6.92 Å². The van der Waals surface area contributed by atoms with Gasteiger partial charge in [0.05, 0.1) is 17.9 Å². The van der Waals surface area contributed by atoms with Gasteiger partial charge in [-0.3, -0.25) is 14.5 Å². The number of hydrogen-bond donors (Lipinski definition) is 2. The third-order valence-electron chi connectivity index (χ3n) is 8.48. The topological polar surface area (TPSA) is 96.3 Å². The number of para-hydroxylation sites is 2. The first-order valence-corrected chi connectivity index (χ1v) is 14.5. The van der Waals surface area contributed by atoms with Crippen LogP contribution in [-0.4, -0.2) is 53.2 Å². The second-order valence-corrected chi connectivity index (χ2v) is 11.0. The van der Waals surface area contributed by atoms with Crippen LogP contribution in [0.5, 0.6) is 11.5 Å². The summed E-state index contributed by atoms with van der Waals surface area (Å²) in [6.45, 7) is 4.77. The molecular weight excluding hydrogens is 505 g/mol. The molecule has 0 aromatic heterocycles. The first-order chi connectivity index (χ1) is 19.4. The van der Waals surface area contributed by atoms with E-state index in [4.69, 9.17) is 9.39 Å². The number of phenolic OH excluding ortho intramolecular Hbond substituents is 1. The van der Waals surface area contributed by atoms with Crippen molar-refractivity contribution in [3.63, 3.8) is 0 Å². The Hall–Kier alpha value is -3.36. The van der Waals surface area contributed by atoms with Gasteiger partial charge in [0.1, 0.15) is 18.1 Å². The first kappa shape index (κ1) is 28.2. The standard InChI is InChI=1S/C32H38BNO6/c1-3-16-34-31(36)25-18-23(20-39-24-11-6-5-7-12-24)29-26(30(25)32(34)37)19-33(38)40-28(29)15-14-21(4-2)17-22-10-8-9-13-27(22)35/h5-13,17,25-26,28,30,35,38H,3-4,14-16,18-20H2,1-2H3/b21-17+/t25-,26+,28-,30-/m1/s1. The van der Waals surface area contributed by atoms with Crippen molar-refractivity contribution in [1.29, 1.82) is 0 Å². The molecule has 0 radical (unpaired) electrons. The van der Waals surface area contributed by atoms with E-state index < -0.39 is 25.1 Å². The molecule has 4 atom stereocenters. The van der Waals surface area contributed by atoms with Crippen LogP contribution in [0.2, 0.25) is 6.32 Å². The zero-order chi connectivity index (χ0) is 28.2. The molecule has 1 aliphatic carbocycles. The molecule has 0 bridgehead atoms. The van der Waals surface area contributed by atoms with Crippen molar-refractivity contribution >= 4 is 25.0 Å². The quantitative estimate of drug-likeness (QED) is 0.241. The molecule has 0 unspecified atom stereocenters. The minimum absolute atomic E-state index is 0.107. The molecule has 2 fully saturated rings. The van der Waals surface area contributed by atoms with Crippen LogP contribution in [0.25, 0.3) is 6.08 Å². The number of rotatable bonds is 10. The Balaban J connectivity index is 1.46. The van der Waals surface area contributed by atoms with Gasteiger partial charge in [-0.25, -0.2) is 0 Å². The maximum absolute atomic E-state index is 13.5. The van der Waals surface area contributed by atoms with Gasteiger partial charge in [-0.15, -0.1) is 0 Å². The SMILES string of the molecule is CCCN1C(=O)[C@@H]2[C@@H](CC(COc3ccccc3)=C3[C@@H](CC/C(=C/c4ccccc4O)CC)OB(O)C[C@@H]32)C1=O. The van der Waals surface area contributed by atoms with Gasteiger partial charge in [-0.05, 0) is 73.7 Å². The normalized spacial score (nSPS) is 24.8. The number of benzene rings is 2. The maximum Gasteiger partial charge on any atom is 0.455 e. The maximum atomic E-state index is 13.5. The van der Waals surface area contributed by atoms with E-state index in [0.717, 1.165) is 34.5 Å². The molecule has 3 aliphatic rings. The van der Waals surface area contributed by atoms with E-state index in [9.17, 15) is 19.7 Å². The summed E-state index contributed by atoms with van der Waals surface area (Å²) < 4.78 is 12.3. The minimum atomic E-state index is -1.01. The van der Waals surface area contributed by atoms with Crippen molar-refractivity contribution in [3.05, 3.63) is 76.9 Å². The Morgan fingerprint density at radius 2 is 1.82 bits per heavy atom. The molecule has 2 aromatic carbocycles. The van der Waals surface area contributed by atoms with Gasteiger partial charge in [0.15, 0.2) is 0 Å². The van der Waals surface area contributed by atoms with E-state index in [-0.39, 0.29) is 29.8 Å². The fraction of sp³-hybridized carbons (Fsp3) is 0.438. The minimum Gasteiger partial charge on any atom is -0.507 e. The number of amides is 2. The molecule has 2 heterocycles. The summed E-state index contributed by atoms with van der Waals surface area (Å²) in [6, 6.07) is 16.8. The lowest BCUT2D eigenvalue weighted by molar-refractivity contribution is -0.140. The van der Waals surface area contributed by atoms with Crippen molar-refractivity contribution < 1.29 is 29.1 Å². The van der Waals surface area contributed by atoms with Crippen LogP contribution in [0.4, 0.5) is 0 Å². The monoisotopic (exact) mass is 543 g/mol. The summed E-state index contributed by atoms with van der Waals surface area (Å²) in [5.41, 5.74) is 3.93. The molecule has 210 valence electrons. The van der Waals surface area contributed by atoms with Crippen LogP contribution in [0.15, 0.2) is 71.3 Å². The molecule has 8 heteroatoms. The third kappa shape index (κ3) is 5.74. The van der Waals surface area contributed by atoms with Gasteiger partial charge in [0.25, 0.3) is 0 Å². The van der Waals surface area contributed by atoms with Gasteiger partial charge in [0.2, 0.25) is 11.8 Å². The smallest absolute Gasteiger partial charge is 0.455 e. The highest BCUT2D eigenvalue weighted by atomic mass is 16.5. The number of allylic oxidation sites excluding steroid dienone is 1. The molecule has 0 spiro atoms. The number of aromatic hydroxyl groups is 1. The average molecular weight is 543 g/mol. The third-order valence-corrected chi connectivity index (χ3v) is 8.48. The number of nitrogens with zero attached hydrogens (tertiary/aromatic N) is 1. The number of ether oxygens (including phenoxy) is 1. The van der Waals surface area contributed by atoms with Gasteiger partial charge in [-0.2, -0.15) is 0 Å². The number of carbonyl (C=O) groups excluding carboxylic acids is 2. The van der Waals surface area contributed by atoms with Gasteiger partial charge in [-0.1, -0.05) is 61.9 Å². The largest absolute Gasteiger partial charge is 0.507 e. The van der Waals surface area contributed by atoms with E-state index in [1.165, 1.54) is 4.90 Å². The summed E-state index contributed by atoms with van der Waals surface area (Å²) in [5, 5.41) is 21.1. The first-order valence-electron chi connectivity index (χ1n) is 14.5. The predicted molar refractivity (Wildman–Crippen MR) is 154 cm³/mol. The highest BCUT2D eigenvalue weighted by molar-refractivity contribution is 6.43. The molecule has 2 saturated heterocycles. The molecule has 5 rings (SSSR count). The number of imide groups is 1. The Labute approximate surface area is 236 Å². The van der Waals surface area contributed by atoms with Gasteiger partial charge < -0.3 is 19.5 Å². The van der Waals surface area contributed by atoms with E-state index in [1.54, 1.807) is 12.1 Å². The van der Waals surface area contributed by atoms with Crippen molar-refractivity contribution in [2.75, 3.05) is 13.2 Å². The molecule has 2 N–H and O–H groups in total. The lowest BCUT2D eigenvalue weighted by atomic mass is 9.58. The van der Waals surface area contributed by atoms with E-state index in [1.807, 2.05) is 55.5 Å². The zero-order valence-electron chi connectivity index (χ0n) is 23.3. The molecule has 7 nitrogen and oxygen atoms in total. The molecule has 2 amide bonds. The van der Waals surface area contributed by atoms with E-state index in [0.29, 0.717) is 38.8 Å². The van der Waals surface area contributed by atoms with Crippen LogP contribution in [-0.2, 0) is 14.2 Å². The summed E-state index contributed by atoms with van der Waals surface area (Å²) in [4.78, 5) is 28.3. The molecule has 40 heavy (non-hydrogen) atoms. The molecule has 2 aromatic rings. The fourth-order valence-electron chi connectivity index (χ4n) is 6.59. The molecular formula is C32H38BNO6. The lowest BCUT2D eigenvalue weighted by Gasteiger charge is -2.43. The number of likely N-dealkylation sites (tertiary alicyclic amines) is 1. The van der Waals surface area contributed by atoms with Crippen LogP contribution in [0.3, 0.4) is 0 Å². The van der Waals surface area contributed by atoms with Crippen LogP contribution in [0.1, 0.15) is 51.5 Å². The Bertz CT molecular complexity index is 1290. The second-order valence-electron chi connectivity index (χ2n) is 11.0. The Kier molecular flexibility index (Phi) is 8.77. The van der Waals surface area contributed by atoms with Crippen LogP contribution < -0.4 is 4.74 Å². The summed E-state index contributed by atoms with van der Waals surface area (Å²) in [6.07, 6.45) is 5.19. The number of phenols is 1. The van der Waals surface area contributed by atoms with Crippen LogP contribution in [0, 0.1) is 17.8 Å². The zero-order valence-corrected chi connectivity index (χ0v) is 23.3.